The summed E-state index contributed by atoms with van der Waals surface area (Å²) in [6.45, 7) is 0. The molecule has 2 rings (SSSR count). The molecule has 0 spiro atoms. The second-order valence-electron chi connectivity index (χ2n) is 3.17. The number of hydrogen-bond donors (Lipinski definition) is 0. The molecule has 0 saturated carbocycles. The molecular formula is C11H6Br2ClFS. The van der Waals surface area contributed by atoms with Gasteiger partial charge in [-0.15, -0.1) is 11.3 Å². The Kier molecular flexibility index (Phi) is 4.06. The van der Waals surface area contributed by atoms with Crippen molar-refractivity contribution >= 4 is 54.8 Å². The first-order chi connectivity index (χ1) is 7.58. The highest BCUT2D eigenvalue weighted by Gasteiger charge is 2.15. The fourth-order valence-corrected chi connectivity index (χ4v) is 3.99. The molecule has 0 N–H and O–H groups in total. The predicted molar refractivity (Wildman–Crippen MR) is 74.2 cm³/mol. The first-order valence-corrected chi connectivity index (χ1v) is 7.32. The normalized spacial score (nSPS) is 12.8. The molecule has 1 unspecified atom stereocenters. The largest absolute Gasteiger partial charge is 0.207 e. The lowest BCUT2D eigenvalue weighted by Crippen LogP contribution is -1.91. The van der Waals surface area contributed by atoms with Gasteiger partial charge in [-0.25, -0.2) is 4.39 Å². The minimum absolute atomic E-state index is 0.00287. The van der Waals surface area contributed by atoms with E-state index < -0.39 is 0 Å². The molecule has 0 aliphatic heterocycles. The van der Waals surface area contributed by atoms with Crippen LogP contribution in [0, 0.1) is 5.82 Å². The van der Waals surface area contributed by atoms with Gasteiger partial charge in [0.15, 0.2) is 0 Å². The van der Waals surface area contributed by atoms with Gasteiger partial charge >= 0.3 is 0 Å². The van der Waals surface area contributed by atoms with Gasteiger partial charge in [0.05, 0.1) is 8.61 Å². The van der Waals surface area contributed by atoms with Crippen molar-refractivity contribution in [1.82, 2.24) is 0 Å². The molecule has 2 aromatic rings. The van der Waals surface area contributed by atoms with Crippen molar-refractivity contribution in [2.45, 2.75) is 4.83 Å². The number of benzene rings is 1. The van der Waals surface area contributed by atoms with E-state index in [-0.39, 0.29) is 10.6 Å². The Labute approximate surface area is 119 Å². The van der Waals surface area contributed by atoms with Gasteiger partial charge in [0.2, 0.25) is 0 Å². The number of thiophene rings is 1. The molecule has 0 radical (unpaired) electrons. The fourth-order valence-electron chi connectivity index (χ4n) is 1.32. The second-order valence-corrected chi connectivity index (χ2v) is 6.99. The van der Waals surface area contributed by atoms with Crippen LogP contribution >= 0.6 is 54.8 Å². The zero-order chi connectivity index (χ0) is 11.7. The third-order valence-corrected chi connectivity index (χ3v) is 5.38. The maximum absolute atomic E-state index is 12.9. The SMILES string of the molecule is Fc1ccc(C(Br)c2ccc(Br)s2)c(Cl)c1. The van der Waals surface area contributed by atoms with E-state index in [4.69, 9.17) is 11.6 Å². The van der Waals surface area contributed by atoms with Crippen molar-refractivity contribution in [3.05, 3.63) is 55.4 Å². The monoisotopic (exact) mass is 382 g/mol. The molecule has 1 heterocycles. The van der Waals surface area contributed by atoms with Gasteiger partial charge in [-0.1, -0.05) is 33.6 Å². The van der Waals surface area contributed by atoms with Crippen LogP contribution in [0.1, 0.15) is 15.3 Å². The van der Waals surface area contributed by atoms with Crippen LogP contribution in [0.25, 0.3) is 0 Å². The van der Waals surface area contributed by atoms with Gasteiger partial charge in [-0.3, -0.25) is 0 Å². The summed E-state index contributed by atoms with van der Waals surface area (Å²) in [7, 11) is 0. The van der Waals surface area contributed by atoms with Crippen LogP contribution in [0.5, 0.6) is 0 Å². The number of alkyl halides is 1. The van der Waals surface area contributed by atoms with E-state index in [1.807, 2.05) is 12.1 Å². The van der Waals surface area contributed by atoms with Crippen molar-refractivity contribution in [3.63, 3.8) is 0 Å². The van der Waals surface area contributed by atoms with E-state index in [0.29, 0.717) is 5.02 Å². The average Bonchev–Trinajstić information content (AvgIpc) is 2.64. The summed E-state index contributed by atoms with van der Waals surface area (Å²) in [5.41, 5.74) is 0.873. The summed E-state index contributed by atoms with van der Waals surface area (Å²) in [6, 6.07) is 8.43. The minimum atomic E-state index is -0.319. The Balaban J connectivity index is 2.37. The highest BCUT2D eigenvalue weighted by atomic mass is 79.9. The molecule has 0 saturated heterocycles. The van der Waals surface area contributed by atoms with Crippen LogP contribution in [0.4, 0.5) is 4.39 Å². The molecule has 0 amide bonds. The van der Waals surface area contributed by atoms with Crippen LogP contribution in [0.3, 0.4) is 0 Å². The maximum atomic E-state index is 12.9. The van der Waals surface area contributed by atoms with Gasteiger partial charge in [0, 0.05) is 9.90 Å². The molecule has 16 heavy (non-hydrogen) atoms. The van der Waals surface area contributed by atoms with Gasteiger partial charge < -0.3 is 0 Å². The van der Waals surface area contributed by atoms with Crippen molar-refractivity contribution in [2.24, 2.45) is 0 Å². The predicted octanol–water partition coefficient (Wildman–Crippen LogP) is 5.79. The molecule has 84 valence electrons. The highest BCUT2D eigenvalue weighted by molar-refractivity contribution is 9.11. The van der Waals surface area contributed by atoms with Crippen molar-refractivity contribution < 1.29 is 4.39 Å². The summed E-state index contributed by atoms with van der Waals surface area (Å²) in [5, 5.41) is 0.436. The van der Waals surface area contributed by atoms with Crippen LogP contribution in [0.2, 0.25) is 5.02 Å². The zero-order valence-electron chi connectivity index (χ0n) is 7.88. The number of rotatable bonds is 2. The standard InChI is InChI=1S/C11H6Br2ClFS/c12-10-4-3-9(16-10)11(13)7-2-1-6(15)5-8(7)14/h1-5,11H. The summed E-state index contributed by atoms with van der Waals surface area (Å²) in [6.07, 6.45) is 0. The third kappa shape index (κ3) is 2.67. The van der Waals surface area contributed by atoms with E-state index in [1.54, 1.807) is 17.4 Å². The lowest BCUT2D eigenvalue weighted by molar-refractivity contribution is 0.627. The van der Waals surface area contributed by atoms with E-state index in [0.717, 1.165) is 14.2 Å². The Morgan fingerprint density at radius 3 is 2.56 bits per heavy atom. The molecule has 0 nitrogen and oxygen atoms in total. The van der Waals surface area contributed by atoms with Crippen LogP contribution in [-0.4, -0.2) is 0 Å². The molecular weight excluding hydrogens is 378 g/mol. The van der Waals surface area contributed by atoms with Crippen LogP contribution < -0.4 is 0 Å². The highest BCUT2D eigenvalue weighted by Crippen LogP contribution is 2.39. The minimum Gasteiger partial charge on any atom is -0.207 e. The topological polar surface area (TPSA) is 0 Å². The molecule has 1 aromatic heterocycles. The van der Waals surface area contributed by atoms with Crippen molar-refractivity contribution in [2.75, 3.05) is 0 Å². The number of halogens is 4. The van der Waals surface area contributed by atoms with Crippen LogP contribution in [-0.2, 0) is 0 Å². The fraction of sp³-hybridized carbons (Fsp3) is 0.0909. The molecule has 1 atom stereocenters. The first-order valence-electron chi connectivity index (χ1n) is 4.42. The number of hydrogen-bond acceptors (Lipinski definition) is 1. The lowest BCUT2D eigenvalue weighted by Gasteiger charge is -2.09. The summed E-state index contributed by atoms with van der Waals surface area (Å²) >= 11 is 14.6. The Morgan fingerprint density at radius 1 is 1.25 bits per heavy atom. The van der Waals surface area contributed by atoms with Crippen LogP contribution in [0.15, 0.2) is 34.1 Å². The lowest BCUT2D eigenvalue weighted by atomic mass is 10.1. The van der Waals surface area contributed by atoms with Gasteiger partial charge in [0.1, 0.15) is 5.82 Å². The summed E-state index contributed by atoms with van der Waals surface area (Å²) in [4.78, 5) is 1.12. The van der Waals surface area contributed by atoms with Gasteiger partial charge in [-0.05, 0) is 45.8 Å². The van der Waals surface area contributed by atoms with Gasteiger partial charge in [0.25, 0.3) is 0 Å². The van der Waals surface area contributed by atoms with Crippen molar-refractivity contribution in [1.29, 1.82) is 0 Å². The smallest absolute Gasteiger partial charge is 0.124 e. The third-order valence-electron chi connectivity index (χ3n) is 2.08. The quantitative estimate of drug-likeness (QED) is 0.575. The van der Waals surface area contributed by atoms with Gasteiger partial charge in [-0.2, -0.15) is 0 Å². The van der Waals surface area contributed by atoms with E-state index in [9.17, 15) is 4.39 Å². The average molecular weight is 384 g/mol. The second kappa shape index (κ2) is 5.17. The Hall–Kier alpha value is 0.1000. The van der Waals surface area contributed by atoms with Crippen molar-refractivity contribution in [3.8, 4) is 0 Å². The first kappa shape index (κ1) is 12.6. The summed E-state index contributed by atoms with van der Waals surface area (Å²) in [5.74, 6) is -0.319. The van der Waals surface area contributed by atoms with E-state index in [2.05, 4.69) is 31.9 Å². The van der Waals surface area contributed by atoms with E-state index in [1.165, 1.54) is 12.1 Å². The molecule has 1 aromatic carbocycles. The molecule has 0 bridgehead atoms. The van der Waals surface area contributed by atoms with E-state index >= 15 is 0 Å². The molecule has 5 heteroatoms. The summed E-state index contributed by atoms with van der Waals surface area (Å²) < 4.78 is 14.0. The maximum Gasteiger partial charge on any atom is 0.124 e. The zero-order valence-corrected chi connectivity index (χ0v) is 12.6. The molecule has 0 fully saturated rings. The Morgan fingerprint density at radius 2 is 2.00 bits per heavy atom. The Bertz CT molecular complexity index is 512. The molecule has 0 aliphatic rings. The molecule has 0 aliphatic carbocycles.